The van der Waals surface area contributed by atoms with Crippen LogP contribution in [0.1, 0.15) is 40.0 Å². The Hall–Kier alpha value is -0.730. The van der Waals surface area contributed by atoms with Crippen LogP contribution in [0.3, 0.4) is 0 Å². The molecule has 0 saturated carbocycles. The van der Waals surface area contributed by atoms with Gasteiger partial charge in [-0.15, -0.1) is 0 Å². The number of cyclic esters (lactones) is 1. The SMILES string of the molecule is CCCCCN1C(=O)OC[C@@H]1C(C)C. The number of ether oxygens (including phenoxy) is 1. The second-order valence-electron chi connectivity index (χ2n) is 4.29. The normalized spacial score (nSPS) is 21.9. The molecular formula is C11H21NO2. The highest BCUT2D eigenvalue weighted by Gasteiger charge is 2.33. The first-order chi connectivity index (χ1) is 6.66. The van der Waals surface area contributed by atoms with Gasteiger partial charge in [0.25, 0.3) is 0 Å². The lowest BCUT2D eigenvalue weighted by Gasteiger charge is -2.24. The largest absolute Gasteiger partial charge is 0.447 e. The first-order valence-electron chi connectivity index (χ1n) is 5.60. The van der Waals surface area contributed by atoms with Gasteiger partial charge in [-0.2, -0.15) is 0 Å². The maximum absolute atomic E-state index is 11.4. The summed E-state index contributed by atoms with van der Waals surface area (Å²) in [6.45, 7) is 7.87. The van der Waals surface area contributed by atoms with Crippen LogP contribution in [0.4, 0.5) is 4.79 Å². The van der Waals surface area contributed by atoms with E-state index in [1.165, 1.54) is 12.8 Å². The molecule has 0 aromatic heterocycles. The van der Waals surface area contributed by atoms with E-state index in [0.717, 1.165) is 13.0 Å². The third-order valence-corrected chi connectivity index (χ3v) is 2.78. The molecule has 14 heavy (non-hydrogen) atoms. The van der Waals surface area contributed by atoms with Gasteiger partial charge in [-0.05, 0) is 12.3 Å². The third kappa shape index (κ3) is 2.63. The number of unbranched alkanes of at least 4 members (excludes halogenated alkanes) is 2. The summed E-state index contributed by atoms with van der Waals surface area (Å²) in [6.07, 6.45) is 3.35. The summed E-state index contributed by atoms with van der Waals surface area (Å²) in [5.74, 6) is 0.489. The molecule has 0 spiro atoms. The lowest BCUT2D eigenvalue weighted by atomic mass is 10.0. The molecule has 0 N–H and O–H groups in total. The van der Waals surface area contributed by atoms with Crippen LogP contribution in [-0.2, 0) is 4.74 Å². The number of nitrogens with zero attached hydrogens (tertiary/aromatic N) is 1. The van der Waals surface area contributed by atoms with E-state index in [-0.39, 0.29) is 6.09 Å². The van der Waals surface area contributed by atoms with Crippen LogP contribution in [0.15, 0.2) is 0 Å². The minimum absolute atomic E-state index is 0.125. The number of rotatable bonds is 5. The van der Waals surface area contributed by atoms with Gasteiger partial charge in [0.2, 0.25) is 0 Å². The molecule has 1 aliphatic heterocycles. The van der Waals surface area contributed by atoms with Crippen LogP contribution >= 0.6 is 0 Å². The van der Waals surface area contributed by atoms with E-state index in [2.05, 4.69) is 20.8 Å². The van der Waals surface area contributed by atoms with Crippen molar-refractivity contribution in [2.45, 2.75) is 46.1 Å². The lowest BCUT2D eigenvalue weighted by molar-refractivity contribution is 0.156. The number of hydrogen-bond acceptors (Lipinski definition) is 2. The quantitative estimate of drug-likeness (QED) is 0.637. The predicted molar refractivity (Wildman–Crippen MR) is 56.2 cm³/mol. The Kier molecular flexibility index (Phi) is 4.23. The van der Waals surface area contributed by atoms with E-state index in [9.17, 15) is 4.79 Å². The number of carbonyl (C=O) groups is 1. The highest BCUT2D eigenvalue weighted by Crippen LogP contribution is 2.19. The Bertz CT molecular complexity index is 192. The fourth-order valence-electron chi connectivity index (χ4n) is 1.81. The Labute approximate surface area is 86.4 Å². The van der Waals surface area contributed by atoms with E-state index in [4.69, 9.17) is 4.74 Å². The van der Waals surface area contributed by atoms with E-state index in [0.29, 0.717) is 18.6 Å². The first-order valence-corrected chi connectivity index (χ1v) is 5.60. The fourth-order valence-corrected chi connectivity index (χ4v) is 1.81. The molecule has 1 rings (SSSR count). The van der Waals surface area contributed by atoms with Crippen LogP contribution in [0.25, 0.3) is 0 Å². The minimum Gasteiger partial charge on any atom is -0.447 e. The summed E-state index contributed by atoms with van der Waals surface area (Å²) < 4.78 is 5.06. The Morgan fingerprint density at radius 2 is 2.21 bits per heavy atom. The molecule has 1 atom stereocenters. The Morgan fingerprint density at radius 3 is 2.79 bits per heavy atom. The molecule has 3 nitrogen and oxygen atoms in total. The van der Waals surface area contributed by atoms with Gasteiger partial charge < -0.3 is 9.64 Å². The van der Waals surface area contributed by atoms with Gasteiger partial charge in [-0.3, -0.25) is 0 Å². The molecule has 3 heteroatoms. The van der Waals surface area contributed by atoms with E-state index in [1.807, 2.05) is 4.90 Å². The van der Waals surface area contributed by atoms with Crippen molar-refractivity contribution < 1.29 is 9.53 Å². The van der Waals surface area contributed by atoms with Crippen molar-refractivity contribution in [3.05, 3.63) is 0 Å². The van der Waals surface area contributed by atoms with Crippen molar-refractivity contribution in [2.24, 2.45) is 5.92 Å². The van der Waals surface area contributed by atoms with Gasteiger partial charge in [0.1, 0.15) is 6.61 Å². The molecule has 1 heterocycles. The van der Waals surface area contributed by atoms with Gasteiger partial charge in [-0.25, -0.2) is 4.79 Å². The summed E-state index contributed by atoms with van der Waals surface area (Å²) in [5, 5.41) is 0. The fraction of sp³-hybridized carbons (Fsp3) is 0.909. The van der Waals surface area contributed by atoms with E-state index in [1.54, 1.807) is 0 Å². The van der Waals surface area contributed by atoms with Gasteiger partial charge >= 0.3 is 6.09 Å². The maximum atomic E-state index is 11.4. The van der Waals surface area contributed by atoms with Crippen LogP contribution in [0.2, 0.25) is 0 Å². The predicted octanol–water partition coefficient (Wildman–Crippen LogP) is 2.65. The molecule has 1 saturated heterocycles. The summed E-state index contributed by atoms with van der Waals surface area (Å²) in [6, 6.07) is 0.291. The number of amides is 1. The molecule has 1 aliphatic rings. The van der Waals surface area contributed by atoms with Crippen molar-refractivity contribution in [3.8, 4) is 0 Å². The highest BCUT2D eigenvalue weighted by molar-refractivity contribution is 5.70. The Morgan fingerprint density at radius 1 is 1.50 bits per heavy atom. The number of hydrogen-bond donors (Lipinski definition) is 0. The van der Waals surface area contributed by atoms with Crippen LogP contribution in [-0.4, -0.2) is 30.2 Å². The van der Waals surface area contributed by atoms with Crippen molar-refractivity contribution >= 4 is 6.09 Å². The molecule has 0 bridgehead atoms. The summed E-state index contributed by atoms with van der Waals surface area (Å²) in [5.41, 5.74) is 0. The van der Waals surface area contributed by atoms with Crippen molar-refractivity contribution in [3.63, 3.8) is 0 Å². The van der Waals surface area contributed by atoms with Gasteiger partial charge in [0, 0.05) is 6.54 Å². The first kappa shape index (κ1) is 11.3. The average Bonchev–Trinajstić information content (AvgIpc) is 2.48. The smallest absolute Gasteiger partial charge is 0.410 e. The van der Waals surface area contributed by atoms with Crippen LogP contribution < -0.4 is 0 Å². The maximum Gasteiger partial charge on any atom is 0.410 e. The van der Waals surface area contributed by atoms with E-state index >= 15 is 0 Å². The van der Waals surface area contributed by atoms with Crippen LogP contribution in [0.5, 0.6) is 0 Å². The molecule has 0 aliphatic carbocycles. The molecule has 0 radical (unpaired) electrons. The molecule has 0 aromatic carbocycles. The van der Waals surface area contributed by atoms with Gasteiger partial charge in [-0.1, -0.05) is 33.6 Å². The van der Waals surface area contributed by atoms with Crippen molar-refractivity contribution in [2.75, 3.05) is 13.2 Å². The zero-order valence-corrected chi connectivity index (χ0v) is 9.45. The lowest BCUT2D eigenvalue weighted by Crippen LogP contribution is -2.37. The minimum atomic E-state index is -0.125. The summed E-state index contributed by atoms with van der Waals surface area (Å²) in [4.78, 5) is 13.3. The highest BCUT2D eigenvalue weighted by atomic mass is 16.6. The molecule has 1 fully saturated rings. The average molecular weight is 199 g/mol. The third-order valence-electron chi connectivity index (χ3n) is 2.78. The summed E-state index contributed by atoms with van der Waals surface area (Å²) >= 11 is 0. The zero-order chi connectivity index (χ0) is 10.6. The molecule has 0 aromatic rings. The summed E-state index contributed by atoms with van der Waals surface area (Å²) in [7, 11) is 0. The number of carbonyl (C=O) groups excluding carboxylic acids is 1. The van der Waals surface area contributed by atoms with Crippen molar-refractivity contribution in [1.29, 1.82) is 0 Å². The second kappa shape index (κ2) is 5.23. The van der Waals surface area contributed by atoms with Gasteiger partial charge in [0.05, 0.1) is 6.04 Å². The second-order valence-corrected chi connectivity index (χ2v) is 4.29. The topological polar surface area (TPSA) is 29.5 Å². The molecule has 82 valence electrons. The molecule has 1 amide bonds. The van der Waals surface area contributed by atoms with Crippen molar-refractivity contribution in [1.82, 2.24) is 4.90 Å². The van der Waals surface area contributed by atoms with Gasteiger partial charge in [0.15, 0.2) is 0 Å². The molecule has 0 unspecified atom stereocenters. The monoisotopic (exact) mass is 199 g/mol. The zero-order valence-electron chi connectivity index (χ0n) is 9.45. The molecular weight excluding hydrogens is 178 g/mol. The van der Waals surface area contributed by atoms with E-state index < -0.39 is 0 Å². The van der Waals surface area contributed by atoms with Crippen LogP contribution in [0, 0.1) is 5.92 Å². The Balaban J connectivity index is 2.41. The standard InChI is InChI=1S/C11H21NO2/c1-4-5-6-7-12-10(9(2)3)8-14-11(12)13/h9-10H,4-8H2,1-3H3/t10-/m1/s1.